The summed E-state index contributed by atoms with van der Waals surface area (Å²) >= 11 is 0. The summed E-state index contributed by atoms with van der Waals surface area (Å²) in [6, 6.07) is 102. The quantitative estimate of drug-likeness (QED) is 0.140. The van der Waals surface area contributed by atoms with Crippen LogP contribution in [0.4, 0.5) is 17.1 Å². The van der Waals surface area contributed by atoms with Crippen molar-refractivity contribution in [1.82, 2.24) is 4.57 Å². The first-order valence-electron chi connectivity index (χ1n) is 23.8. The molecular weight excluding hydrogens is 833 g/mol. The smallest absolute Gasteiger partial charge is 0.0714 e. The molecule has 0 spiro atoms. The van der Waals surface area contributed by atoms with Gasteiger partial charge in [0.05, 0.1) is 22.1 Å². The van der Waals surface area contributed by atoms with Gasteiger partial charge < -0.3 is 9.47 Å². The molecule has 324 valence electrons. The zero-order valence-corrected chi connectivity index (χ0v) is 38.0. The third kappa shape index (κ3) is 6.64. The molecule has 0 atom stereocenters. The number of rotatable bonds is 9. The monoisotopic (exact) mass is 878 g/mol. The van der Waals surface area contributed by atoms with Gasteiger partial charge in [0.1, 0.15) is 0 Å². The van der Waals surface area contributed by atoms with Crippen molar-refractivity contribution in [2.24, 2.45) is 0 Å². The van der Waals surface area contributed by atoms with Crippen molar-refractivity contribution in [3.8, 4) is 50.2 Å². The van der Waals surface area contributed by atoms with Crippen molar-refractivity contribution >= 4 is 38.9 Å². The Balaban J connectivity index is 0.968. The fourth-order valence-electron chi connectivity index (χ4n) is 11.2. The molecule has 1 aliphatic carbocycles. The summed E-state index contributed by atoms with van der Waals surface area (Å²) in [5.41, 5.74) is 21.0. The zero-order chi connectivity index (χ0) is 45.7. The van der Waals surface area contributed by atoms with E-state index in [0.717, 1.165) is 33.9 Å². The molecule has 1 heterocycles. The molecule has 0 saturated carbocycles. The number of nitrogens with zero attached hydrogens (tertiary/aromatic N) is 2. The van der Waals surface area contributed by atoms with Crippen LogP contribution in [0, 0.1) is 0 Å². The summed E-state index contributed by atoms with van der Waals surface area (Å²) in [7, 11) is 0. The number of hydrogen-bond acceptors (Lipinski definition) is 1. The summed E-state index contributed by atoms with van der Waals surface area (Å²) < 4.78 is 2.40. The average Bonchev–Trinajstić information content (AvgIpc) is 3.92. The van der Waals surface area contributed by atoms with E-state index in [1.54, 1.807) is 0 Å². The molecule has 0 N–H and O–H groups in total. The lowest BCUT2D eigenvalue weighted by Crippen LogP contribution is -2.28. The minimum absolute atomic E-state index is 0.516. The van der Waals surface area contributed by atoms with Gasteiger partial charge in [-0.3, -0.25) is 0 Å². The van der Waals surface area contributed by atoms with E-state index in [1.807, 2.05) is 0 Å². The fourth-order valence-corrected chi connectivity index (χ4v) is 11.2. The first-order valence-corrected chi connectivity index (χ1v) is 23.8. The number of anilines is 3. The zero-order valence-electron chi connectivity index (χ0n) is 38.0. The maximum atomic E-state index is 2.46. The average molecular weight is 879 g/mol. The Kier molecular flexibility index (Phi) is 9.77. The van der Waals surface area contributed by atoms with Crippen molar-refractivity contribution in [2.75, 3.05) is 4.90 Å². The van der Waals surface area contributed by atoms with Gasteiger partial charge in [0.25, 0.3) is 0 Å². The molecule has 0 bridgehead atoms. The molecule has 0 unspecified atom stereocenters. The predicted molar refractivity (Wildman–Crippen MR) is 289 cm³/mol. The summed E-state index contributed by atoms with van der Waals surface area (Å²) in [5, 5.41) is 2.46. The van der Waals surface area contributed by atoms with Crippen molar-refractivity contribution in [3.63, 3.8) is 0 Å². The lowest BCUT2D eigenvalue weighted by Gasteiger charge is -2.35. The standard InChI is InChI=1S/C67H46N2/c1-6-21-47(22-7-1)49-37-41-65-60(44-49)61-45-50(38-42-66(61)69(65)55-31-14-5-15-32-55)48-23-20-24-51(43-48)57-33-17-19-36-64(57)68(54-29-12-4-13-30-54)56-39-40-59-58-34-16-18-35-62(58)67(63(59)46-56,52-25-8-2-9-26-52)53-27-10-3-11-28-53/h1-46H. The Bertz CT molecular complexity index is 3780. The largest absolute Gasteiger partial charge is 0.310 e. The van der Waals surface area contributed by atoms with Crippen molar-refractivity contribution < 1.29 is 0 Å². The highest BCUT2D eigenvalue weighted by Crippen LogP contribution is 2.57. The van der Waals surface area contributed by atoms with Crippen LogP contribution in [0.2, 0.25) is 0 Å². The van der Waals surface area contributed by atoms with E-state index in [1.165, 1.54) is 77.4 Å². The highest BCUT2D eigenvalue weighted by atomic mass is 15.1. The Morgan fingerprint density at radius 3 is 1.45 bits per heavy atom. The van der Waals surface area contributed by atoms with Gasteiger partial charge in [-0.05, 0) is 134 Å². The number of benzene rings is 11. The second-order valence-electron chi connectivity index (χ2n) is 18.0. The van der Waals surface area contributed by atoms with Crippen LogP contribution in [-0.2, 0) is 5.41 Å². The molecule has 69 heavy (non-hydrogen) atoms. The van der Waals surface area contributed by atoms with E-state index < -0.39 is 5.41 Å². The van der Waals surface area contributed by atoms with Crippen molar-refractivity contribution in [2.45, 2.75) is 5.41 Å². The first kappa shape index (κ1) is 40.3. The molecule has 11 aromatic carbocycles. The molecule has 0 fully saturated rings. The van der Waals surface area contributed by atoms with Crippen LogP contribution < -0.4 is 4.90 Å². The minimum atomic E-state index is -0.516. The minimum Gasteiger partial charge on any atom is -0.310 e. The second kappa shape index (κ2) is 16.7. The van der Waals surface area contributed by atoms with E-state index in [4.69, 9.17) is 0 Å². The molecule has 0 amide bonds. The Morgan fingerprint density at radius 1 is 0.290 bits per heavy atom. The van der Waals surface area contributed by atoms with Crippen molar-refractivity contribution in [3.05, 3.63) is 301 Å². The summed E-state index contributed by atoms with van der Waals surface area (Å²) in [6.07, 6.45) is 0. The van der Waals surface area contributed by atoms with Gasteiger partial charge in [-0.1, -0.05) is 206 Å². The molecule has 0 aliphatic heterocycles. The maximum absolute atomic E-state index is 2.46. The lowest BCUT2D eigenvalue weighted by atomic mass is 9.67. The molecule has 13 rings (SSSR count). The van der Waals surface area contributed by atoms with Crippen LogP contribution in [-0.4, -0.2) is 4.57 Å². The van der Waals surface area contributed by atoms with Gasteiger partial charge >= 0.3 is 0 Å². The topological polar surface area (TPSA) is 8.17 Å². The van der Waals surface area contributed by atoms with Crippen LogP contribution in [0.5, 0.6) is 0 Å². The molecule has 1 aromatic heterocycles. The van der Waals surface area contributed by atoms with Crippen molar-refractivity contribution in [1.29, 1.82) is 0 Å². The molecule has 0 radical (unpaired) electrons. The SMILES string of the molecule is c1ccc(-c2ccc3c(c2)c2cc(-c4cccc(-c5ccccc5N(c5ccccc5)c5ccc6c(c5)C(c5ccccc5)(c5ccccc5)c5ccccc5-6)c4)ccc2n3-c2ccccc2)cc1. The predicted octanol–water partition coefficient (Wildman–Crippen LogP) is 17.6. The molecule has 1 aliphatic rings. The second-order valence-corrected chi connectivity index (χ2v) is 18.0. The number of aromatic nitrogens is 1. The summed E-state index contributed by atoms with van der Waals surface area (Å²) in [6.45, 7) is 0. The Morgan fingerprint density at radius 2 is 0.783 bits per heavy atom. The van der Waals surface area contributed by atoms with Crippen LogP contribution in [0.3, 0.4) is 0 Å². The highest BCUT2D eigenvalue weighted by molar-refractivity contribution is 6.11. The molecule has 2 nitrogen and oxygen atoms in total. The molecule has 0 saturated heterocycles. The van der Waals surface area contributed by atoms with Gasteiger partial charge in [-0.15, -0.1) is 0 Å². The number of para-hydroxylation sites is 3. The molecular formula is C67H46N2. The van der Waals surface area contributed by atoms with E-state index in [2.05, 4.69) is 289 Å². The van der Waals surface area contributed by atoms with E-state index >= 15 is 0 Å². The Hall–Kier alpha value is -8.98. The number of hydrogen-bond donors (Lipinski definition) is 0. The fraction of sp³-hybridized carbons (Fsp3) is 0.0149. The third-order valence-electron chi connectivity index (χ3n) is 14.3. The third-order valence-corrected chi connectivity index (χ3v) is 14.3. The first-order chi connectivity index (χ1) is 34.2. The summed E-state index contributed by atoms with van der Waals surface area (Å²) in [5.74, 6) is 0. The number of fused-ring (bicyclic) bond motifs is 6. The van der Waals surface area contributed by atoms with Gasteiger partial charge in [0, 0.05) is 33.4 Å². The van der Waals surface area contributed by atoms with Gasteiger partial charge in [0.2, 0.25) is 0 Å². The van der Waals surface area contributed by atoms with E-state index in [9.17, 15) is 0 Å². The van der Waals surface area contributed by atoms with Gasteiger partial charge in [-0.2, -0.15) is 0 Å². The van der Waals surface area contributed by atoms with Crippen LogP contribution in [0.1, 0.15) is 22.3 Å². The van der Waals surface area contributed by atoms with Crippen LogP contribution in [0.25, 0.3) is 72.0 Å². The Labute approximate surface area is 403 Å². The molecule has 2 heteroatoms. The van der Waals surface area contributed by atoms with Gasteiger partial charge in [0.15, 0.2) is 0 Å². The maximum Gasteiger partial charge on any atom is 0.0714 e. The lowest BCUT2D eigenvalue weighted by molar-refractivity contribution is 0.768. The van der Waals surface area contributed by atoms with Crippen LogP contribution >= 0.6 is 0 Å². The van der Waals surface area contributed by atoms with Crippen LogP contribution in [0.15, 0.2) is 279 Å². The van der Waals surface area contributed by atoms with E-state index in [0.29, 0.717) is 0 Å². The normalized spacial score (nSPS) is 12.5. The van der Waals surface area contributed by atoms with Gasteiger partial charge in [-0.25, -0.2) is 0 Å². The summed E-state index contributed by atoms with van der Waals surface area (Å²) in [4.78, 5) is 2.45. The highest BCUT2D eigenvalue weighted by Gasteiger charge is 2.46. The van der Waals surface area contributed by atoms with E-state index in [-0.39, 0.29) is 0 Å². The molecule has 12 aromatic rings.